The third kappa shape index (κ3) is 10.0. The first-order chi connectivity index (χ1) is 18.7. The lowest BCUT2D eigenvalue weighted by Gasteiger charge is -2.19. The van der Waals surface area contributed by atoms with Crippen LogP contribution in [0.3, 0.4) is 0 Å². The Hall–Kier alpha value is -3.98. The Morgan fingerprint density at radius 1 is 0.897 bits per heavy atom. The van der Waals surface area contributed by atoms with E-state index < -0.39 is 5.60 Å². The van der Waals surface area contributed by atoms with E-state index in [9.17, 15) is 9.59 Å². The van der Waals surface area contributed by atoms with Gasteiger partial charge >= 0.3 is 5.97 Å². The first kappa shape index (κ1) is 29.6. The lowest BCUT2D eigenvalue weighted by atomic mass is 10.1. The third-order valence-electron chi connectivity index (χ3n) is 5.85. The number of likely N-dealkylation sites (N-methyl/N-ethyl adjacent to an activating group) is 1. The van der Waals surface area contributed by atoms with Gasteiger partial charge in [0.05, 0.1) is 6.42 Å². The number of aromatic nitrogens is 2. The minimum absolute atomic E-state index is 0.119. The number of esters is 1. The lowest BCUT2D eigenvalue weighted by molar-refractivity contribution is -0.154. The highest BCUT2D eigenvalue weighted by molar-refractivity contribution is 5.94. The minimum Gasteiger partial charge on any atom is -0.492 e. The summed E-state index contributed by atoms with van der Waals surface area (Å²) in [5.74, 6) is 0.712. The van der Waals surface area contributed by atoms with Gasteiger partial charge in [0.15, 0.2) is 0 Å². The quantitative estimate of drug-likeness (QED) is 0.294. The highest BCUT2D eigenvalue weighted by Gasteiger charge is 2.16. The number of carbonyl (C=O) groups excluding carboxylic acids is 2. The van der Waals surface area contributed by atoms with Gasteiger partial charge in [-0.25, -0.2) is 9.97 Å². The number of hydrogen-bond acceptors (Lipinski definition) is 8. The van der Waals surface area contributed by atoms with E-state index in [1.54, 1.807) is 24.5 Å². The van der Waals surface area contributed by atoms with Gasteiger partial charge in [-0.15, -0.1) is 0 Å². The molecule has 9 nitrogen and oxygen atoms in total. The van der Waals surface area contributed by atoms with Crippen LogP contribution in [0.5, 0.6) is 5.75 Å². The summed E-state index contributed by atoms with van der Waals surface area (Å²) < 4.78 is 11.1. The summed E-state index contributed by atoms with van der Waals surface area (Å²) in [6.07, 6.45) is 3.58. The van der Waals surface area contributed by atoms with Gasteiger partial charge in [-0.3, -0.25) is 9.59 Å². The highest BCUT2D eigenvalue weighted by atomic mass is 16.6. The number of hydrogen-bond donors (Lipinski definition) is 2. The summed E-state index contributed by atoms with van der Waals surface area (Å²) in [6, 6.07) is 14.9. The van der Waals surface area contributed by atoms with Crippen molar-refractivity contribution in [3.05, 3.63) is 66.5 Å². The average Bonchev–Trinajstić information content (AvgIpc) is 2.91. The molecule has 0 aliphatic rings. The molecule has 0 unspecified atom stereocenters. The van der Waals surface area contributed by atoms with Crippen LogP contribution in [0.1, 0.15) is 51.4 Å². The molecule has 0 bridgehead atoms. The summed E-state index contributed by atoms with van der Waals surface area (Å²) in [7, 11) is 0. The molecule has 0 aliphatic heterocycles. The molecule has 2 aromatic carbocycles. The molecule has 0 spiro atoms. The largest absolute Gasteiger partial charge is 0.492 e. The van der Waals surface area contributed by atoms with E-state index >= 15 is 0 Å². The first-order valence-electron chi connectivity index (χ1n) is 13.3. The van der Waals surface area contributed by atoms with E-state index in [0.717, 1.165) is 42.2 Å². The Bertz CT molecular complexity index is 1190. The minimum atomic E-state index is -0.541. The number of carbonyl (C=O) groups is 2. The van der Waals surface area contributed by atoms with E-state index in [0.29, 0.717) is 18.1 Å². The third-order valence-corrected chi connectivity index (χ3v) is 5.85. The van der Waals surface area contributed by atoms with Crippen LogP contribution >= 0.6 is 0 Å². The smallest absolute Gasteiger partial charge is 0.308 e. The predicted octanol–water partition coefficient (Wildman–Crippen LogP) is 5.07. The van der Waals surface area contributed by atoms with E-state index in [1.165, 1.54) is 0 Å². The van der Waals surface area contributed by atoms with Gasteiger partial charge < -0.3 is 25.0 Å². The molecule has 3 aromatic rings. The molecule has 0 aliphatic carbocycles. The molecule has 0 radical (unpaired) electrons. The summed E-state index contributed by atoms with van der Waals surface area (Å²) in [5, 5.41) is 5.94. The lowest BCUT2D eigenvalue weighted by Crippen LogP contribution is -2.29. The molecule has 0 atom stereocenters. The maximum atomic E-state index is 12.4. The first-order valence-corrected chi connectivity index (χ1v) is 13.3. The van der Waals surface area contributed by atoms with Crippen LogP contribution in [0.4, 0.5) is 11.6 Å². The zero-order chi connectivity index (χ0) is 28.3. The summed E-state index contributed by atoms with van der Waals surface area (Å²) in [6.45, 7) is 13.5. The molecular formula is C30H39N5O4. The number of anilines is 2. The molecule has 3 rings (SSSR count). The van der Waals surface area contributed by atoms with E-state index in [4.69, 9.17) is 9.47 Å². The maximum absolute atomic E-state index is 12.4. The van der Waals surface area contributed by atoms with Gasteiger partial charge in [-0.2, -0.15) is 0 Å². The van der Waals surface area contributed by atoms with Crippen molar-refractivity contribution in [3.8, 4) is 16.9 Å². The fraction of sp³-hybridized carbons (Fsp3) is 0.400. The molecule has 1 heterocycles. The molecule has 1 aromatic heterocycles. The molecule has 2 N–H and O–H groups in total. The zero-order valence-corrected chi connectivity index (χ0v) is 23.5. The zero-order valence-electron chi connectivity index (χ0n) is 23.5. The standard InChI is InChI=1S/C30H39N5O4/c1-6-35(7-2)18-19-38-26-14-12-25(13-15-26)34-29-32-20-24(21-33-29)22-8-10-23(11-9-22)28(37)31-17-16-27(36)39-30(3,4)5/h8-15,20-21H,6-7,16-19H2,1-5H3,(H,31,37)(H,32,33,34). The van der Waals surface area contributed by atoms with Crippen LogP contribution in [0, 0.1) is 0 Å². The van der Waals surface area contributed by atoms with Crippen molar-refractivity contribution in [3.63, 3.8) is 0 Å². The SMILES string of the molecule is CCN(CC)CCOc1ccc(Nc2ncc(-c3ccc(C(=O)NCCC(=O)OC(C)(C)C)cc3)cn2)cc1. The molecule has 0 saturated carbocycles. The van der Waals surface area contributed by atoms with Crippen molar-refractivity contribution in [2.24, 2.45) is 0 Å². The number of rotatable bonds is 13. The average molecular weight is 534 g/mol. The van der Waals surface area contributed by atoms with Crippen LogP contribution in [0.15, 0.2) is 60.9 Å². The van der Waals surface area contributed by atoms with Gasteiger partial charge in [0.1, 0.15) is 18.0 Å². The van der Waals surface area contributed by atoms with Crippen LogP contribution in [0.25, 0.3) is 11.1 Å². The van der Waals surface area contributed by atoms with Gasteiger partial charge in [0, 0.05) is 42.3 Å². The highest BCUT2D eigenvalue weighted by Crippen LogP contribution is 2.21. The summed E-state index contributed by atoms with van der Waals surface area (Å²) >= 11 is 0. The van der Waals surface area contributed by atoms with Crippen molar-refractivity contribution in [2.45, 2.75) is 46.6 Å². The van der Waals surface area contributed by atoms with Crippen LogP contribution in [-0.2, 0) is 9.53 Å². The number of amides is 1. The normalized spacial score (nSPS) is 11.2. The Balaban J connectivity index is 1.47. The maximum Gasteiger partial charge on any atom is 0.308 e. The molecule has 1 amide bonds. The number of ether oxygens (including phenoxy) is 2. The number of nitrogens with zero attached hydrogens (tertiary/aromatic N) is 3. The molecule has 208 valence electrons. The second kappa shape index (κ2) is 14.2. The van der Waals surface area contributed by atoms with E-state index in [-0.39, 0.29) is 24.8 Å². The van der Waals surface area contributed by atoms with Gasteiger partial charge in [-0.1, -0.05) is 26.0 Å². The molecule has 39 heavy (non-hydrogen) atoms. The van der Waals surface area contributed by atoms with Crippen LogP contribution < -0.4 is 15.4 Å². The second-order valence-corrected chi connectivity index (χ2v) is 9.99. The number of benzene rings is 2. The Labute approximate surface area is 231 Å². The van der Waals surface area contributed by atoms with Crippen molar-refractivity contribution >= 4 is 23.5 Å². The number of nitrogens with one attached hydrogen (secondary N) is 2. The Morgan fingerprint density at radius 3 is 2.13 bits per heavy atom. The summed E-state index contributed by atoms with van der Waals surface area (Å²) in [5.41, 5.74) is 2.54. The van der Waals surface area contributed by atoms with Gasteiger partial charge in [0.2, 0.25) is 5.95 Å². The van der Waals surface area contributed by atoms with Crippen LogP contribution in [0.2, 0.25) is 0 Å². The van der Waals surface area contributed by atoms with Crippen molar-refractivity contribution in [2.75, 3.05) is 38.1 Å². The molecule has 9 heteroatoms. The fourth-order valence-electron chi connectivity index (χ4n) is 3.72. The fourth-order valence-corrected chi connectivity index (χ4v) is 3.72. The van der Waals surface area contributed by atoms with E-state index in [2.05, 4.69) is 39.3 Å². The van der Waals surface area contributed by atoms with Gasteiger partial charge in [0.25, 0.3) is 5.91 Å². The second-order valence-electron chi connectivity index (χ2n) is 9.99. The Morgan fingerprint density at radius 2 is 1.54 bits per heavy atom. The van der Waals surface area contributed by atoms with Gasteiger partial charge in [-0.05, 0) is 75.8 Å². The molecular weight excluding hydrogens is 494 g/mol. The van der Waals surface area contributed by atoms with Crippen molar-refractivity contribution in [1.29, 1.82) is 0 Å². The topological polar surface area (TPSA) is 106 Å². The van der Waals surface area contributed by atoms with Crippen LogP contribution in [-0.4, -0.2) is 65.1 Å². The Kier molecular flexibility index (Phi) is 10.8. The van der Waals surface area contributed by atoms with Crippen molar-refractivity contribution < 1.29 is 19.1 Å². The summed E-state index contributed by atoms with van der Waals surface area (Å²) in [4.78, 5) is 35.3. The van der Waals surface area contributed by atoms with Crippen molar-refractivity contribution in [1.82, 2.24) is 20.2 Å². The predicted molar refractivity (Wildman–Crippen MR) is 153 cm³/mol. The molecule has 0 saturated heterocycles. The monoisotopic (exact) mass is 533 g/mol. The molecule has 0 fully saturated rings. The van der Waals surface area contributed by atoms with E-state index in [1.807, 2.05) is 57.2 Å².